The van der Waals surface area contributed by atoms with Gasteiger partial charge in [-0.25, -0.2) is 31.6 Å². The third-order valence-electron chi connectivity index (χ3n) is 4.17. The molecule has 28 heavy (non-hydrogen) atoms. The molecule has 0 aliphatic carbocycles. The van der Waals surface area contributed by atoms with Gasteiger partial charge in [-0.05, 0) is 32.0 Å². The fraction of sp³-hybridized carbons (Fsp3) is 0.222. The van der Waals surface area contributed by atoms with E-state index in [9.17, 15) is 21.6 Å². The molecule has 0 saturated heterocycles. The molecule has 0 bridgehead atoms. The first-order chi connectivity index (χ1) is 13.1. The van der Waals surface area contributed by atoms with E-state index in [4.69, 9.17) is 10.7 Å². The quantitative estimate of drug-likeness (QED) is 0.570. The van der Waals surface area contributed by atoms with E-state index in [1.165, 1.54) is 30.3 Å². The predicted molar refractivity (Wildman–Crippen MR) is 101 cm³/mol. The van der Waals surface area contributed by atoms with E-state index in [-0.39, 0.29) is 16.3 Å². The van der Waals surface area contributed by atoms with Gasteiger partial charge in [0.25, 0.3) is 15.5 Å². The molecule has 1 aromatic heterocycles. The largest absolute Gasteiger partial charge is 0.363 e. The van der Waals surface area contributed by atoms with Crippen molar-refractivity contribution >= 4 is 36.5 Å². The molecule has 0 spiro atoms. The molecule has 0 aliphatic rings. The average Bonchev–Trinajstić information content (AvgIpc) is 2.60. The summed E-state index contributed by atoms with van der Waals surface area (Å²) in [4.78, 5) is 8.34. The van der Waals surface area contributed by atoms with Crippen LogP contribution in [0.3, 0.4) is 0 Å². The average molecular weight is 430 g/mol. The topological polar surface area (TPSA) is 72.0 Å². The molecule has 5 nitrogen and oxygen atoms in total. The van der Waals surface area contributed by atoms with E-state index < -0.39 is 32.9 Å². The molecule has 1 atom stereocenters. The second-order valence-electron chi connectivity index (χ2n) is 6.15. The lowest BCUT2D eigenvalue weighted by Gasteiger charge is -2.18. The number of aromatic nitrogens is 2. The van der Waals surface area contributed by atoms with Gasteiger partial charge in [-0.15, -0.1) is 0 Å². The third kappa shape index (κ3) is 4.05. The number of hydrogen-bond donors (Lipinski definition) is 1. The highest BCUT2D eigenvalue weighted by Crippen LogP contribution is 2.31. The number of fused-ring (bicyclic) bond motifs is 1. The minimum absolute atomic E-state index is 0.0309. The van der Waals surface area contributed by atoms with Crippen LogP contribution in [0.2, 0.25) is 0 Å². The Labute approximate surface area is 164 Å². The van der Waals surface area contributed by atoms with Gasteiger partial charge in [-0.1, -0.05) is 18.2 Å². The van der Waals surface area contributed by atoms with Crippen LogP contribution in [-0.2, 0) is 9.05 Å². The number of anilines is 1. The zero-order valence-corrected chi connectivity index (χ0v) is 16.3. The zero-order valence-electron chi connectivity index (χ0n) is 14.7. The van der Waals surface area contributed by atoms with E-state index in [0.717, 1.165) is 6.07 Å². The Balaban J connectivity index is 2.08. The lowest BCUT2D eigenvalue weighted by molar-refractivity contribution is 0.146. The van der Waals surface area contributed by atoms with Crippen molar-refractivity contribution in [2.45, 2.75) is 31.2 Å². The summed E-state index contributed by atoms with van der Waals surface area (Å²) in [6.45, 7) is 3.22. The molecule has 10 heteroatoms. The first-order valence-corrected chi connectivity index (χ1v) is 10.4. The Morgan fingerprint density at radius 3 is 2.43 bits per heavy atom. The van der Waals surface area contributed by atoms with Crippen molar-refractivity contribution in [1.29, 1.82) is 0 Å². The van der Waals surface area contributed by atoms with Gasteiger partial charge in [0.15, 0.2) is 0 Å². The fourth-order valence-electron chi connectivity index (χ4n) is 2.84. The highest BCUT2D eigenvalue weighted by Gasteiger charge is 2.21. The van der Waals surface area contributed by atoms with Crippen LogP contribution in [0.1, 0.15) is 36.3 Å². The molecule has 0 unspecified atom stereocenters. The van der Waals surface area contributed by atoms with Crippen molar-refractivity contribution in [3.05, 3.63) is 59.2 Å². The van der Waals surface area contributed by atoms with Crippen LogP contribution in [-0.4, -0.2) is 18.4 Å². The van der Waals surface area contributed by atoms with Gasteiger partial charge in [0.1, 0.15) is 17.5 Å². The third-order valence-corrected chi connectivity index (χ3v) is 5.53. The SMILES string of the molecule is Cc1nc(N[C@H](C)c2cccc(C(F)F)c2F)c2cc(S(=O)(=O)Cl)ccc2n1. The Hall–Kier alpha value is -2.39. The zero-order chi connectivity index (χ0) is 20.6. The number of nitrogens with one attached hydrogen (secondary N) is 1. The number of benzene rings is 2. The summed E-state index contributed by atoms with van der Waals surface area (Å²) in [5.41, 5.74) is -0.207. The predicted octanol–water partition coefficient (Wildman–Crippen LogP) is 5.12. The van der Waals surface area contributed by atoms with Crippen molar-refractivity contribution in [3.63, 3.8) is 0 Å². The number of aryl methyl sites for hydroxylation is 1. The molecule has 1 N–H and O–H groups in total. The van der Waals surface area contributed by atoms with Crippen molar-refractivity contribution < 1.29 is 21.6 Å². The van der Waals surface area contributed by atoms with Crippen LogP contribution in [0.25, 0.3) is 10.9 Å². The summed E-state index contributed by atoms with van der Waals surface area (Å²) in [6.07, 6.45) is -2.94. The molecule has 0 radical (unpaired) electrons. The van der Waals surface area contributed by atoms with E-state index in [1.54, 1.807) is 13.8 Å². The van der Waals surface area contributed by atoms with Crippen molar-refractivity contribution in [2.24, 2.45) is 0 Å². The van der Waals surface area contributed by atoms with Crippen molar-refractivity contribution in [3.8, 4) is 0 Å². The summed E-state index contributed by atoms with van der Waals surface area (Å²) >= 11 is 0. The van der Waals surface area contributed by atoms with Crippen LogP contribution in [0.15, 0.2) is 41.3 Å². The van der Waals surface area contributed by atoms with Gasteiger partial charge < -0.3 is 5.32 Å². The molecule has 0 saturated carbocycles. The smallest absolute Gasteiger partial charge is 0.266 e. The summed E-state index contributed by atoms with van der Waals surface area (Å²) in [5.74, 6) is -0.374. The van der Waals surface area contributed by atoms with E-state index in [2.05, 4.69) is 15.3 Å². The van der Waals surface area contributed by atoms with Crippen LogP contribution in [0, 0.1) is 12.7 Å². The van der Waals surface area contributed by atoms with E-state index >= 15 is 0 Å². The van der Waals surface area contributed by atoms with Crippen molar-refractivity contribution in [1.82, 2.24) is 9.97 Å². The summed E-state index contributed by atoms with van der Waals surface area (Å²) in [6, 6.07) is 7.13. The van der Waals surface area contributed by atoms with Gasteiger partial charge in [0.2, 0.25) is 0 Å². The normalized spacial score (nSPS) is 13.1. The summed E-state index contributed by atoms with van der Waals surface area (Å²) in [5, 5.41) is 3.31. The molecular formula is C18H15ClF3N3O2S. The molecule has 3 aromatic rings. The molecule has 2 aromatic carbocycles. The Bertz CT molecular complexity index is 1160. The first-order valence-electron chi connectivity index (χ1n) is 8.14. The minimum Gasteiger partial charge on any atom is -0.363 e. The fourth-order valence-corrected chi connectivity index (χ4v) is 3.62. The van der Waals surface area contributed by atoms with E-state index in [0.29, 0.717) is 16.7 Å². The van der Waals surface area contributed by atoms with Crippen molar-refractivity contribution in [2.75, 3.05) is 5.32 Å². The second-order valence-corrected chi connectivity index (χ2v) is 8.72. The molecule has 0 aliphatic heterocycles. The van der Waals surface area contributed by atoms with Gasteiger partial charge in [0, 0.05) is 21.6 Å². The highest BCUT2D eigenvalue weighted by atomic mass is 35.7. The maximum absolute atomic E-state index is 14.4. The van der Waals surface area contributed by atoms with Gasteiger partial charge in [0.05, 0.1) is 22.0 Å². The molecule has 1 heterocycles. The monoisotopic (exact) mass is 429 g/mol. The van der Waals surface area contributed by atoms with Gasteiger partial charge in [-0.2, -0.15) is 0 Å². The van der Waals surface area contributed by atoms with E-state index in [1.807, 2.05) is 0 Å². The number of halogens is 4. The second kappa shape index (κ2) is 7.56. The van der Waals surface area contributed by atoms with Crippen LogP contribution in [0.4, 0.5) is 19.0 Å². The minimum atomic E-state index is -3.98. The highest BCUT2D eigenvalue weighted by molar-refractivity contribution is 8.13. The Morgan fingerprint density at radius 2 is 1.79 bits per heavy atom. The lowest BCUT2D eigenvalue weighted by Crippen LogP contribution is -2.12. The van der Waals surface area contributed by atoms with Crippen LogP contribution >= 0.6 is 10.7 Å². The Kier molecular flexibility index (Phi) is 5.49. The van der Waals surface area contributed by atoms with Gasteiger partial charge in [-0.3, -0.25) is 0 Å². The molecule has 0 fully saturated rings. The standard InChI is InChI=1S/C18H15ClF3N3O2S/c1-9(12-4-3-5-13(16(12)20)17(21)22)23-18-14-8-11(28(19,26)27)6-7-15(14)24-10(2)25-18/h3-9,17H,1-2H3,(H,23,24,25)/t9-/m1/s1. The number of nitrogens with zero attached hydrogens (tertiary/aromatic N) is 2. The first kappa shape index (κ1) is 20.3. The Morgan fingerprint density at radius 1 is 1.11 bits per heavy atom. The molecular weight excluding hydrogens is 415 g/mol. The van der Waals surface area contributed by atoms with Crippen LogP contribution in [0.5, 0.6) is 0 Å². The number of hydrogen-bond acceptors (Lipinski definition) is 5. The maximum Gasteiger partial charge on any atom is 0.266 e. The van der Waals surface area contributed by atoms with Gasteiger partial charge >= 0.3 is 0 Å². The maximum atomic E-state index is 14.4. The molecule has 148 valence electrons. The lowest BCUT2D eigenvalue weighted by atomic mass is 10.0. The van der Waals surface area contributed by atoms with Crippen LogP contribution < -0.4 is 5.32 Å². The molecule has 3 rings (SSSR count). The summed E-state index contributed by atoms with van der Waals surface area (Å²) < 4.78 is 63.6. The molecule has 0 amide bonds. The number of alkyl halides is 2. The summed E-state index contributed by atoms with van der Waals surface area (Å²) in [7, 11) is 1.42. The number of rotatable bonds is 5.